The predicted octanol–water partition coefficient (Wildman–Crippen LogP) is 6.41. The van der Waals surface area contributed by atoms with Crippen LogP contribution < -0.4 is 4.90 Å². The number of anilines is 1. The van der Waals surface area contributed by atoms with Gasteiger partial charge in [0.05, 0.1) is 0 Å². The van der Waals surface area contributed by atoms with Crippen LogP contribution in [0, 0.1) is 27.7 Å². The van der Waals surface area contributed by atoms with Gasteiger partial charge >= 0.3 is 0 Å². The van der Waals surface area contributed by atoms with Crippen LogP contribution in [0.2, 0.25) is 0 Å². The molecular formula is C26H33NO. The van der Waals surface area contributed by atoms with Gasteiger partial charge in [0.2, 0.25) is 0 Å². The van der Waals surface area contributed by atoms with Crippen molar-refractivity contribution in [1.29, 1.82) is 0 Å². The van der Waals surface area contributed by atoms with Crippen LogP contribution in [0.15, 0.2) is 60.3 Å². The Morgan fingerprint density at radius 2 is 1.57 bits per heavy atom. The highest BCUT2D eigenvalue weighted by molar-refractivity contribution is 5.79. The van der Waals surface area contributed by atoms with E-state index in [1.807, 2.05) is 6.08 Å². The third kappa shape index (κ3) is 5.01. The van der Waals surface area contributed by atoms with E-state index in [1.165, 1.54) is 39.2 Å². The van der Waals surface area contributed by atoms with Crippen LogP contribution in [0.4, 0.5) is 5.69 Å². The number of allylic oxidation sites excluding steroid dienone is 3. The van der Waals surface area contributed by atoms with E-state index in [0.29, 0.717) is 6.42 Å². The molecule has 0 bridgehead atoms. The van der Waals surface area contributed by atoms with Crippen LogP contribution >= 0.6 is 0 Å². The molecule has 0 atom stereocenters. The monoisotopic (exact) mass is 375 g/mol. The van der Waals surface area contributed by atoms with Crippen molar-refractivity contribution in [2.24, 2.45) is 0 Å². The molecule has 2 rings (SSSR count). The van der Waals surface area contributed by atoms with Gasteiger partial charge in [-0.3, -0.25) is 4.79 Å². The standard InChI is InChI=1S/C26H33NO/c1-8-23(17-21(5)28)25(16-15-24-14-10-11-18(2)22(24)6)27(7)26-19(3)12-9-13-20(26)4/h8-14H,1,15-17H2,2-7H3/b25-23+. The van der Waals surface area contributed by atoms with Crippen LogP contribution in [-0.4, -0.2) is 12.8 Å². The van der Waals surface area contributed by atoms with Crippen molar-refractivity contribution >= 4 is 11.5 Å². The molecule has 148 valence electrons. The van der Waals surface area contributed by atoms with Gasteiger partial charge in [-0.15, -0.1) is 0 Å². The van der Waals surface area contributed by atoms with Crippen molar-refractivity contribution in [3.63, 3.8) is 0 Å². The van der Waals surface area contributed by atoms with Gasteiger partial charge in [0.25, 0.3) is 0 Å². The molecule has 2 heteroatoms. The number of hydrogen-bond donors (Lipinski definition) is 0. The summed E-state index contributed by atoms with van der Waals surface area (Å²) in [5, 5.41) is 0. The maximum Gasteiger partial charge on any atom is 0.134 e. The van der Waals surface area contributed by atoms with E-state index in [9.17, 15) is 4.79 Å². The fraction of sp³-hybridized carbons (Fsp3) is 0.346. The van der Waals surface area contributed by atoms with Gasteiger partial charge < -0.3 is 4.90 Å². The molecule has 2 nitrogen and oxygen atoms in total. The van der Waals surface area contributed by atoms with Crippen molar-refractivity contribution in [3.8, 4) is 0 Å². The molecule has 2 aromatic carbocycles. The molecule has 0 N–H and O–H groups in total. The summed E-state index contributed by atoms with van der Waals surface area (Å²) < 4.78 is 0. The number of hydrogen-bond acceptors (Lipinski definition) is 2. The third-order valence-corrected chi connectivity index (χ3v) is 5.58. The number of carbonyl (C=O) groups excluding carboxylic acids is 1. The van der Waals surface area contributed by atoms with Gasteiger partial charge in [-0.1, -0.05) is 49.1 Å². The molecule has 0 aliphatic heterocycles. The van der Waals surface area contributed by atoms with E-state index in [0.717, 1.165) is 18.4 Å². The van der Waals surface area contributed by atoms with Gasteiger partial charge in [-0.05, 0) is 80.9 Å². The van der Waals surface area contributed by atoms with Gasteiger partial charge in [-0.2, -0.15) is 0 Å². The Morgan fingerprint density at radius 3 is 2.14 bits per heavy atom. The second-order valence-electron chi connectivity index (χ2n) is 7.71. The molecule has 0 unspecified atom stereocenters. The lowest BCUT2D eigenvalue weighted by Crippen LogP contribution is -2.21. The third-order valence-electron chi connectivity index (χ3n) is 5.58. The van der Waals surface area contributed by atoms with Gasteiger partial charge in [0.1, 0.15) is 5.78 Å². The molecule has 2 aromatic rings. The fourth-order valence-corrected chi connectivity index (χ4v) is 3.91. The first-order valence-electron chi connectivity index (χ1n) is 9.95. The Hall–Kier alpha value is -2.61. The summed E-state index contributed by atoms with van der Waals surface area (Å²) >= 11 is 0. The molecule has 0 amide bonds. The average Bonchev–Trinajstić information content (AvgIpc) is 2.63. The second-order valence-corrected chi connectivity index (χ2v) is 7.71. The molecule has 28 heavy (non-hydrogen) atoms. The minimum Gasteiger partial charge on any atom is -0.347 e. The maximum absolute atomic E-state index is 11.9. The first kappa shape index (κ1) is 21.7. The largest absolute Gasteiger partial charge is 0.347 e. The first-order chi connectivity index (χ1) is 13.3. The Balaban J connectivity index is 2.48. The van der Waals surface area contributed by atoms with Crippen LogP contribution in [0.25, 0.3) is 0 Å². The minimum atomic E-state index is 0.161. The van der Waals surface area contributed by atoms with Gasteiger partial charge in [0, 0.05) is 24.9 Å². The van der Waals surface area contributed by atoms with Crippen LogP contribution in [0.5, 0.6) is 0 Å². The summed E-state index contributed by atoms with van der Waals surface area (Å²) in [5.74, 6) is 0.161. The minimum absolute atomic E-state index is 0.161. The average molecular weight is 376 g/mol. The Bertz CT molecular complexity index is 884. The zero-order valence-electron chi connectivity index (χ0n) is 18.2. The zero-order valence-corrected chi connectivity index (χ0v) is 18.2. The van der Waals surface area contributed by atoms with Crippen molar-refractivity contribution in [1.82, 2.24) is 0 Å². The fourth-order valence-electron chi connectivity index (χ4n) is 3.91. The van der Waals surface area contributed by atoms with Gasteiger partial charge in [-0.25, -0.2) is 0 Å². The van der Waals surface area contributed by atoms with E-state index in [1.54, 1.807) is 6.92 Å². The molecule has 0 spiro atoms. The van der Waals surface area contributed by atoms with E-state index >= 15 is 0 Å². The van der Waals surface area contributed by atoms with Crippen LogP contribution in [0.3, 0.4) is 0 Å². The number of benzene rings is 2. The van der Waals surface area contributed by atoms with E-state index in [-0.39, 0.29) is 5.78 Å². The summed E-state index contributed by atoms with van der Waals surface area (Å²) in [6.07, 6.45) is 4.07. The highest BCUT2D eigenvalue weighted by Crippen LogP contribution is 2.31. The van der Waals surface area contributed by atoms with E-state index in [2.05, 4.69) is 82.6 Å². The number of para-hydroxylation sites is 1. The van der Waals surface area contributed by atoms with Crippen molar-refractivity contribution in [3.05, 3.63) is 88.1 Å². The molecule has 0 heterocycles. The van der Waals surface area contributed by atoms with Crippen LogP contribution in [0.1, 0.15) is 47.6 Å². The lowest BCUT2D eigenvalue weighted by molar-refractivity contribution is -0.116. The Kier molecular flexibility index (Phi) is 7.39. The lowest BCUT2D eigenvalue weighted by atomic mass is 9.96. The number of ketones is 1. The summed E-state index contributed by atoms with van der Waals surface area (Å²) in [5.41, 5.74) is 9.89. The normalized spacial score (nSPS) is 11.8. The summed E-state index contributed by atoms with van der Waals surface area (Å²) in [7, 11) is 2.11. The molecule has 0 aliphatic carbocycles. The zero-order chi connectivity index (χ0) is 20.8. The number of aryl methyl sites for hydroxylation is 4. The molecule has 0 aromatic heterocycles. The molecular weight excluding hydrogens is 342 g/mol. The highest BCUT2D eigenvalue weighted by atomic mass is 16.1. The first-order valence-corrected chi connectivity index (χ1v) is 9.95. The Morgan fingerprint density at radius 1 is 1.00 bits per heavy atom. The Labute approximate surface area is 170 Å². The summed E-state index contributed by atoms with van der Waals surface area (Å²) in [6.45, 7) is 14.3. The molecule has 0 aliphatic rings. The smallest absolute Gasteiger partial charge is 0.134 e. The van der Waals surface area contributed by atoms with E-state index in [4.69, 9.17) is 0 Å². The maximum atomic E-state index is 11.9. The summed E-state index contributed by atoms with van der Waals surface area (Å²) in [6, 6.07) is 12.9. The second kappa shape index (κ2) is 9.54. The molecule has 0 fully saturated rings. The molecule has 0 radical (unpaired) electrons. The van der Waals surface area contributed by atoms with Crippen molar-refractivity contribution in [2.45, 2.75) is 53.9 Å². The number of rotatable bonds is 8. The topological polar surface area (TPSA) is 20.3 Å². The van der Waals surface area contributed by atoms with Crippen LogP contribution in [-0.2, 0) is 11.2 Å². The summed E-state index contributed by atoms with van der Waals surface area (Å²) in [4.78, 5) is 14.1. The van der Waals surface area contributed by atoms with E-state index < -0.39 is 0 Å². The highest BCUT2D eigenvalue weighted by Gasteiger charge is 2.17. The molecule has 0 saturated heterocycles. The van der Waals surface area contributed by atoms with Gasteiger partial charge in [0.15, 0.2) is 0 Å². The molecule has 0 saturated carbocycles. The number of Topliss-reactive ketones (excluding diaryl/α,β-unsaturated/α-hetero) is 1. The SMILES string of the molecule is C=C/C(CC(C)=O)=C(/CCc1cccc(C)c1C)N(C)c1c(C)cccc1C. The number of nitrogens with zero attached hydrogens (tertiary/aromatic N) is 1. The lowest BCUT2D eigenvalue weighted by Gasteiger charge is -2.29. The van der Waals surface area contributed by atoms with Crippen molar-refractivity contribution in [2.75, 3.05) is 11.9 Å². The quantitative estimate of drug-likeness (QED) is 0.497. The number of carbonyl (C=O) groups is 1. The van der Waals surface area contributed by atoms with Crippen molar-refractivity contribution < 1.29 is 4.79 Å². The predicted molar refractivity (Wildman–Crippen MR) is 121 cm³/mol.